The van der Waals surface area contributed by atoms with Crippen LogP contribution in [-0.4, -0.2) is 37.1 Å². The van der Waals surface area contributed by atoms with Crippen molar-refractivity contribution in [2.24, 2.45) is 0 Å². The zero-order valence-electron chi connectivity index (χ0n) is 7.88. The van der Waals surface area contributed by atoms with Crippen LogP contribution in [0.15, 0.2) is 0 Å². The van der Waals surface area contributed by atoms with E-state index >= 15 is 0 Å². The van der Waals surface area contributed by atoms with E-state index in [1.807, 2.05) is 0 Å². The third-order valence-corrected chi connectivity index (χ3v) is 2.36. The number of nitrogens with one attached hydrogen (secondary N) is 1. The number of hydrogen-bond acceptors (Lipinski definition) is 2. The molecule has 1 saturated heterocycles. The van der Waals surface area contributed by atoms with Crippen LogP contribution in [0.2, 0.25) is 0 Å². The van der Waals surface area contributed by atoms with Gasteiger partial charge in [0.25, 0.3) is 0 Å². The van der Waals surface area contributed by atoms with Gasteiger partial charge in [0.2, 0.25) is 0 Å². The van der Waals surface area contributed by atoms with Gasteiger partial charge >= 0.3 is 0 Å². The van der Waals surface area contributed by atoms with Gasteiger partial charge in [-0.25, -0.2) is 0 Å². The van der Waals surface area contributed by atoms with Crippen LogP contribution in [-0.2, 0) is 0 Å². The van der Waals surface area contributed by atoms with Gasteiger partial charge in [-0.2, -0.15) is 0 Å². The number of rotatable bonds is 3. The SMILES string of the molecule is Br.Br.CCN(CC)[C@H]1CCNC1. The molecule has 1 fully saturated rings. The fraction of sp³-hybridized carbons (Fsp3) is 1.00. The first-order chi connectivity index (χ1) is 4.88. The van der Waals surface area contributed by atoms with Crippen LogP contribution in [0.5, 0.6) is 0 Å². The largest absolute Gasteiger partial charge is 0.315 e. The molecule has 1 atom stereocenters. The molecule has 0 bridgehead atoms. The second kappa shape index (κ2) is 8.48. The molecular formula is C8H20Br2N2. The molecule has 1 rings (SSSR count). The van der Waals surface area contributed by atoms with E-state index in [-0.39, 0.29) is 34.0 Å². The second-order valence-corrected chi connectivity index (χ2v) is 2.87. The Kier molecular flexibility index (Phi) is 10.8. The van der Waals surface area contributed by atoms with Gasteiger partial charge in [-0.1, -0.05) is 13.8 Å². The Labute approximate surface area is 96.6 Å². The summed E-state index contributed by atoms with van der Waals surface area (Å²) in [6.07, 6.45) is 1.34. The number of likely N-dealkylation sites (N-methyl/N-ethyl adjacent to an activating group) is 1. The van der Waals surface area contributed by atoms with E-state index in [2.05, 4.69) is 24.1 Å². The van der Waals surface area contributed by atoms with Gasteiger partial charge in [-0.05, 0) is 26.1 Å². The van der Waals surface area contributed by atoms with Crippen LogP contribution >= 0.6 is 34.0 Å². The molecule has 0 amide bonds. The Morgan fingerprint density at radius 2 is 1.83 bits per heavy atom. The molecule has 0 aromatic heterocycles. The van der Waals surface area contributed by atoms with Crippen molar-refractivity contribution in [1.29, 1.82) is 0 Å². The Morgan fingerprint density at radius 1 is 1.25 bits per heavy atom. The summed E-state index contributed by atoms with van der Waals surface area (Å²) in [5.41, 5.74) is 0. The molecular weight excluding hydrogens is 284 g/mol. The first kappa shape index (κ1) is 15.4. The van der Waals surface area contributed by atoms with Crippen LogP contribution in [0, 0.1) is 0 Å². The number of nitrogens with zero attached hydrogens (tertiary/aromatic N) is 1. The summed E-state index contributed by atoms with van der Waals surface area (Å²) >= 11 is 0. The number of hydrogen-bond donors (Lipinski definition) is 1. The summed E-state index contributed by atoms with van der Waals surface area (Å²) in [4.78, 5) is 2.53. The van der Waals surface area contributed by atoms with Gasteiger partial charge in [0.1, 0.15) is 0 Å². The predicted molar refractivity (Wildman–Crippen MR) is 64.8 cm³/mol. The molecule has 1 N–H and O–H groups in total. The summed E-state index contributed by atoms with van der Waals surface area (Å²) in [5, 5.41) is 3.38. The van der Waals surface area contributed by atoms with Crippen molar-refractivity contribution in [1.82, 2.24) is 10.2 Å². The fourth-order valence-corrected chi connectivity index (χ4v) is 1.69. The molecule has 2 nitrogen and oxygen atoms in total. The van der Waals surface area contributed by atoms with Crippen molar-refractivity contribution in [2.45, 2.75) is 26.3 Å². The molecule has 0 radical (unpaired) electrons. The summed E-state index contributed by atoms with van der Waals surface area (Å²) in [5.74, 6) is 0. The van der Waals surface area contributed by atoms with Crippen LogP contribution in [0.1, 0.15) is 20.3 Å². The van der Waals surface area contributed by atoms with Crippen molar-refractivity contribution in [3.8, 4) is 0 Å². The maximum atomic E-state index is 3.38. The van der Waals surface area contributed by atoms with E-state index in [9.17, 15) is 0 Å². The summed E-state index contributed by atoms with van der Waals surface area (Å²) < 4.78 is 0. The van der Waals surface area contributed by atoms with E-state index in [0.717, 1.165) is 6.04 Å². The number of halogens is 2. The molecule has 0 aromatic carbocycles. The average molecular weight is 304 g/mol. The Bertz CT molecular complexity index is 91.1. The first-order valence-electron chi connectivity index (χ1n) is 4.33. The van der Waals surface area contributed by atoms with Crippen LogP contribution in [0.4, 0.5) is 0 Å². The minimum atomic E-state index is 0. The van der Waals surface area contributed by atoms with E-state index in [1.165, 1.54) is 32.6 Å². The predicted octanol–water partition coefficient (Wildman–Crippen LogP) is 1.85. The van der Waals surface area contributed by atoms with Gasteiger partial charge in [0.15, 0.2) is 0 Å². The normalized spacial score (nSPS) is 21.8. The van der Waals surface area contributed by atoms with Gasteiger partial charge in [0.05, 0.1) is 0 Å². The molecule has 0 saturated carbocycles. The maximum Gasteiger partial charge on any atom is 0.0232 e. The molecule has 1 heterocycles. The highest BCUT2D eigenvalue weighted by molar-refractivity contribution is 8.93. The maximum absolute atomic E-state index is 3.38. The van der Waals surface area contributed by atoms with Crippen LogP contribution in [0.3, 0.4) is 0 Å². The van der Waals surface area contributed by atoms with Crippen molar-refractivity contribution in [2.75, 3.05) is 26.2 Å². The average Bonchev–Trinajstić information content (AvgIpc) is 2.43. The first-order valence-corrected chi connectivity index (χ1v) is 4.33. The van der Waals surface area contributed by atoms with Gasteiger partial charge < -0.3 is 5.32 Å². The highest BCUT2D eigenvalue weighted by atomic mass is 79.9. The van der Waals surface area contributed by atoms with Crippen LogP contribution in [0.25, 0.3) is 0 Å². The lowest BCUT2D eigenvalue weighted by atomic mass is 10.2. The quantitative estimate of drug-likeness (QED) is 0.856. The minimum Gasteiger partial charge on any atom is -0.315 e. The second-order valence-electron chi connectivity index (χ2n) is 2.87. The van der Waals surface area contributed by atoms with Gasteiger partial charge in [-0.3, -0.25) is 4.90 Å². The molecule has 0 aliphatic carbocycles. The summed E-state index contributed by atoms with van der Waals surface area (Å²) in [6, 6.07) is 0.815. The Morgan fingerprint density at radius 3 is 2.17 bits per heavy atom. The molecule has 4 heteroatoms. The summed E-state index contributed by atoms with van der Waals surface area (Å²) in [6.45, 7) is 9.28. The Balaban J connectivity index is 0. The van der Waals surface area contributed by atoms with E-state index in [4.69, 9.17) is 0 Å². The van der Waals surface area contributed by atoms with Crippen molar-refractivity contribution < 1.29 is 0 Å². The van der Waals surface area contributed by atoms with Crippen molar-refractivity contribution in [3.63, 3.8) is 0 Å². The summed E-state index contributed by atoms with van der Waals surface area (Å²) in [7, 11) is 0. The van der Waals surface area contributed by atoms with Crippen molar-refractivity contribution in [3.05, 3.63) is 0 Å². The standard InChI is InChI=1S/C8H18N2.2BrH/c1-3-10(4-2)8-5-6-9-7-8;;/h8-9H,3-7H2,1-2H3;2*1H/t8-;;/m0../s1. The minimum absolute atomic E-state index is 0. The molecule has 1 aliphatic rings. The van der Waals surface area contributed by atoms with Gasteiger partial charge in [-0.15, -0.1) is 34.0 Å². The molecule has 1 aliphatic heterocycles. The molecule has 0 unspecified atom stereocenters. The Hall–Kier alpha value is 0.880. The topological polar surface area (TPSA) is 15.3 Å². The lowest BCUT2D eigenvalue weighted by molar-refractivity contribution is 0.231. The fourth-order valence-electron chi connectivity index (χ4n) is 1.69. The monoisotopic (exact) mass is 302 g/mol. The highest BCUT2D eigenvalue weighted by Gasteiger charge is 2.18. The molecule has 76 valence electrons. The molecule has 0 spiro atoms. The zero-order valence-corrected chi connectivity index (χ0v) is 11.3. The van der Waals surface area contributed by atoms with Crippen LogP contribution < -0.4 is 5.32 Å². The third-order valence-electron chi connectivity index (χ3n) is 2.36. The van der Waals surface area contributed by atoms with E-state index < -0.39 is 0 Å². The highest BCUT2D eigenvalue weighted by Crippen LogP contribution is 2.06. The van der Waals surface area contributed by atoms with E-state index in [0.29, 0.717) is 0 Å². The molecule has 12 heavy (non-hydrogen) atoms. The lowest BCUT2D eigenvalue weighted by Crippen LogP contribution is -2.36. The smallest absolute Gasteiger partial charge is 0.0232 e. The van der Waals surface area contributed by atoms with Gasteiger partial charge in [0, 0.05) is 12.6 Å². The zero-order chi connectivity index (χ0) is 7.40. The van der Waals surface area contributed by atoms with Crippen molar-refractivity contribution >= 4 is 34.0 Å². The molecule has 0 aromatic rings. The van der Waals surface area contributed by atoms with E-state index in [1.54, 1.807) is 0 Å². The lowest BCUT2D eigenvalue weighted by Gasteiger charge is -2.24. The third kappa shape index (κ3) is 4.21.